The molecule has 0 spiro atoms. The largest absolute Gasteiger partial charge is 0.392 e. The quantitative estimate of drug-likeness (QED) is 0.829. The Labute approximate surface area is 78.7 Å². The maximum absolute atomic E-state index is 12.9. The van der Waals surface area contributed by atoms with Crippen molar-refractivity contribution >= 4 is 22.0 Å². The van der Waals surface area contributed by atoms with Gasteiger partial charge < -0.3 is 5.11 Å². The van der Waals surface area contributed by atoms with Gasteiger partial charge >= 0.3 is 0 Å². The van der Waals surface area contributed by atoms with Gasteiger partial charge in [-0.25, -0.2) is 4.39 Å². The molecule has 1 rings (SSSR count). The van der Waals surface area contributed by atoms with E-state index in [9.17, 15) is 4.39 Å². The number of hydrogen-bond donors (Lipinski definition) is 1. The molecule has 0 atom stereocenters. The summed E-state index contributed by atoms with van der Waals surface area (Å²) in [6.07, 6.45) is 3.21. The zero-order chi connectivity index (χ0) is 8.97. The molecule has 64 valence electrons. The van der Waals surface area contributed by atoms with Crippen LogP contribution in [0.15, 0.2) is 28.7 Å². The molecule has 0 aliphatic rings. The monoisotopic (exact) mass is 230 g/mol. The van der Waals surface area contributed by atoms with Crippen molar-refractivity contribution in [3.63, 3.8) is 0 Å². The topological polar surface area (TPSA) is 20.2 Å². The van der Waals surface area contributed by atoms with Crippen LogP contribution in [-0.2, 0) is 0 Å². The highest BCUT2D eigenvalue weighted by atomic mass is 79.9. The third-order valence-electron chi connectivity index (χ3n) is 1.38. The van der Waals surface area contributed by atoms with Crippen molar-refractivity contribution in [3.05, 3.63) is 40.1 Å². The van der Waals surface area contributed by atoms with E-state index in [0.717, 1.165) is 5.56 Å². The van der Waals surface area contributed by atoms with Crippen LogP contribution in [-0.4, -0.2) is 11.7 Å². The minimum atomic E-state index is -0.296. The summed E-state index contributed by atoms with van der Waals surface area (Å²) >= 11 is 3.10. The van der Waals surface area contributed by atoms with Gasteiger partial charge in [0.15, 0.2) is 0 Å². The Morgan fingerprint density at radius 2 is 2.25 bits per heavy atom. The number of benzene rings is 1. The summed E-state index contributed by atoms with van der Waals surface area (Å²) in [6, 6.07) is 4.76. The molecule has 0 radical (unpaired) electrons. The maximum Gasteiger partial charge on any atom is 0.137 e. The van der Waals surface area contributed by atoms with Gasteiger partial charge in [-0.2, -0.15) is 0 Å². The van der Waals surface area contributed by atoms with E-state index in [1.54, 1.807) is 24.3 Å². The van der Waals surface area contributed by atoms with Gasteiger partial charge in [0.25, 0.3) is 0 Å². The molecule has 12 heavy (non-hydrogen) atoms. The van der Waals surface area contributed by atoms with Gasteiger partial charge in [-0.1, -0.05) is 24.3 Å². The van der Waals surface area contributed by atoms with Crippen molar-refractivity contribution in [2.24, 2.45) is 0 Å². The molecule has 0 saturated heterocycles. The molecule has 1 aromatic rings. The number of aliphatic hydroxyl groups is 1. The van der Waals surface area contributed by atoms with Crippen molar-refractivity contribution in [3.8, 4) is 0 Å². The smallest absolute Gasteiger partial charge is 0.137 e. The summed E-state index contributed by atoms with van der Waals surface area (Å²) in [7, 11) is 0. The van der Waals surface area contributed by atoms with Crippen LogP contribution in [0.25, 0.3) is 6.08 Å². The van der Waals surface area contributed by atoms with Gasteiger partial charge in [0.05, 0.1) is 11.1 Å². The molecule has 0 saturated carbocycles. The first-order valence-corrected chi connectivity index (χ1v) is 4.26. The van der Waals surface area contributed by atoms with E-state index in [4.69, 9.17) is 5.11 Å². The van der Waals surface area contributed by atoms with E-state index in [-0.39, 0.29) is 12.4 Å². The lowest BCUT2D eigenvalue weighted by Crippen LogP contribution is -1.81. The lowest BCUT2D eigenvalue weighted by Gasteiger charge is -1.98. The normalized spacial score (nSPS) is 10.9. The van der Waals surface area contributed by atoms with E-state index in [1.165, 1.54) is 6.07 Å². The molecule has 0 amide bonds. The summed E-state index contributed by atoms with van der Waals surface area (Å²) < 4.78 is 13.3. The predicted octanol–water partition coefficient (Wildman–Crippen LogP) is 2.59. The Balaban J connectivity index is 3.00. The van der Waals surface area contributed by atoms with Crippen LogP contribution in [0.2, 0.25) is 0 Å². The highest BCUT2D eigenvalue weighted by molar-refractivity contribution is 9.10. The van der Waals surface area contributed by atoms with Crippen molar-refractivity contribution in [1.82, 2.24) is 0 Å². The van der Waals surface area contributed by atoms with E-state index >= 15 is 0 Å². The first-order chi connectivity index (χ1) is 5.75. The third kappa shape index (κ3) is 2.16. The van der Waals surface area contributed by atoms with Gasteiger partial charge in [0.1, 0.15) is 5.82 Å². The SMILES string of the molecule is OCC=Cc1cccc(F)c1Br. The fraction of sp³-hybridized carbons (Fsp3) is 0.111. The third-order valence-corrected chi connectivity index (χ3v) is 2.22. The molecule has 1 nitrogen and oxygen atoms in total. The predicted molar refractivity (Wildman–Crippen MR) is 50.2 cm³/mol. The summed E-state index contributed by atoms with van der Waals surface area (Å²) in [5.41, 5.74) is 0.726. The van der Waals surface area contributed by atoms with E-state index in [2.05, 4.69) is 15.9 Å². The fourth-order valence-electron chi connectivity index (χ4n) is 0.829. The lowest BCUT2D eigenvalue weighted by molar-refractivity contribution is 0.343. The van der Waals surface area contributed by atoms with Crippen LogP contribution in [0, 0.1) is 5.82 Å². The zero-order valence-corrected chi connectivity index (χ0v) is 7.88. The highest BCUT2D eigenvalue weighted by Gasteiger charge is 2.00. The molecule has 0 fully saturated rings. The Kier molecular flexibility index (Phi) is 3.44. The first kappa shape index (κ1) is 9.42. The molecule has 0 heterocycles. The number of aliphatic hydroxyl groups excluding tert-OH is 1. The summed E-state index contributed by atoms with van der Waals surface area (Å²) in [6.45, 7) is -0.0387. The van der Waals surface area contributed by atoms with Gasteiger partial charge in [-0.05, 0) is 27.6 Å². The maximum atomic E-state index is 12.9. The van der Waals surface area contributed by atoms with Crippen molar-refractivity contribution in [2.45, 2.75) is 0 Å². The summed E-state index contributed by atoms with van der Waals surface area (Å²) in [5.74, 6) is -0.296. The second kappa shape index (κ2) is 4.38. The van der Waals surface area contributed by atoms with Crippen LogP contribution in [0.5, 0.6) is 0 Å². The first-order valence-electron chi connectivity index (χ1n) is 3.47. The molecule has 1 aromatic carbocycles. The van der Waals surface area contributed by atoms with Crippen molar-refractivity contribution in [2.75, 3.05) is 6.61 Å². The minimum absolute atomic E-state index is 0.0387. The number of halogens is 2. The molecule has 0 aliphatic carbocycles. The Hall–Kier alpha value is -0.670. The Morgan fingerprint density at radius 1 is 1.50 bits per heavy atom. The second-order valence-corrected chi connectivity index (χ2v) is 3.02. The van der Waals surface area contributed by atoms with Gasteiger partial charge in [0, 0.05) is 0 Å². The molecule has 0 aromatic heterocycles. The minimum Gasteiger partial charge on any atom is -0.392 e. The molecular formula is C9H8BrFO. The average molecular weight is 231 g/mol. The summed E-state index contributed by atoms with van der Waals surface area (Å²) in [4.78, 5) is 0. The van der Waals surface area contributed by atoms with Crippen LogP contribution in [0.1, 0.15) is 5.56 Å². The zero-order valence-electron chi connectivity index (χ0n) is 6.30. The fourth-order valence-corrected chi connectivity index (χ4v) is 1.23. The molecule has 3 heteroatoms. The van der Waals surface area contributed by atoms with Crippen LogP contribution >= 0.6 is 15.9 Å². The average Bonchev–Trinajstić information content (AvgIpc) is 2.08. The van der Waals surface area contributed by atoms with E-state index in [0.29, 0.717) is 4.47 Å². The van der Waals surface area contributed by atoms with Gasteiger partial charge in [-0.3, -0.25) is 0 Å². The van der Waals surface area contributed by atoms with Crippen molar-refractivity contribution < 1.29 is 9.50 Å². The molecule has 0 bridgehead atoms. The summed E-state index contributed by atoms with van der Waals surface area (Å²) in [5, 5.41) is 8.49. The number of rotatable bonds is 2. The van der Waals surface area contributed by atoms with Gasteiger partial charge in [0.2, 0.25) is 0 Å². The molecule has 0 aliphatic heterocycles. The van der Waals surface area contributed by atoms with Crippen molar-refractivity contribution in [1.29, 1.82) is 0 Å². The van der Waals surface area contributed by atoms with Gasteiger partial charge in [-0.15, -0.1) is 0 Å². The van der Waals surface area contributed by atoms with E-state index < -0.39 is 0 Å². The molecular weight excluding hydrogens is 223 g/mol. The van der Waals surface area contributed by atoms with Crippen LogP contribution in [0.3, 0.4) is 0 Å². The number of hydrogen-bond acceptors (Lipinski definition) is 1. The molecule has 0 unspecified atom stereocenters. The Morgan fingerprint density at radius 3 is 2.92 bits per heavy atom. The molecule has 1 N–H and O–H groups in total. The van der Waals surface area contributed by atoms with Crippen LogP contribution < -0.4 is 0 Å². The van der Waals surface area contributed by atoms with Crippen LogP contribution in [0.4, 0.5) is 4.39 Å². The van der Waals surface area contributed by atoms with E-state index in [1.807, 2.05) is 0 Å². The standard InChI is InChI=1S/C9H8BrFO/c10-9-7(4-2-6-12)3-1-5-8(9)11/h1-5,12H,6H2. The lowest BCUT2D eigenvalue weighted by atomic mass is 10.2. The Bertz CT molecular complexity index is 297. The highest BCUT2D eigenvalue weighted by Crippen LogP contribution is 2.21. The second-order valence-electron chi connectivity index (χ2n) is 2.23.